The number of nitrogens with zero attached hydrogens (tertiary/aromatic N) is 1. The van der Waals surface area contributed by atoms with Crippen molar-refractivity contribution in [2.24, 2.45) is 0 Å². The fourth-order valence-corrected chi connectivity index (χ4v) is 1.74. The number of carbonyl (C=O) groups excluding carboxylic acids is 1. The number of hydrogen-bond donors (Lipinski definition) is 3. The molecule has 1 aromatic rings. The standard InChI is InChI=1S/C14H20N2O4/c1-9-4-6-11(7-5-9)15-14(20)16(3)12(13(18)19)8-10(2)17/h4-7,10,12,17H,8H2,1-3H3,(H,15,20)(H,18,19). The van der Waals surface area contributed by atoms with Crippen LogP contribution in [0.25, 0.3) is 0 Å². The van der Waals surface area contributed by atoms with Gasteiger partial charge in [-0.25, -0.2) is 9.59 Å². The number of anilines is 1. The average Bonchev–Trinajstić information content (AvgIpc) is 2.37. The van der Waals surface area contributed by atoms with E-state index < -0.39 is 24.1 Å². The number of carboxylic acid groups (broad SMARTS) is 1. The zero-order valence-electron chi connectivity index (χ0n) is 11.8. The Morgan fingerprint density at radius 1 is 1.30 bits per heavy atom. The largest absolute Gasteiger partial charge is 0.480 e. The monoisotopic (exact) mass is 280 g/mol. The van der Waals surface area contributed by atoms with Gasteiger partial charge in [-0.1, -0.05) is 17.7 Å². The summed E-state index contributed by atoms with van der Waals surface area (Å²) in [5, 5.41) is 21.0. The maximum atomic E-state index is 12.0. The van der Waals surface area contributed by atoms with Crippen molar-refractivity contribution in [3.05, 3.63) is 29.8 Å². The van der Waals surface area contributed by atoms with Crippen molar-refractivity contribution >= 4 is 17.7 Å². The third kappa shape index (κ3) is 4.55. The Hall–Kier alpha value is -2.08. The summed E-state index contributed by atoms with van der Waals surface area (Å²) in [4.78, 5) is 24.2. The molecule has 0 aromatic heterocycles. The molecule has 2 amide bonds. The average molecular weight is 280 g/mol. The highest BCUT2D eigenvalue weighted by Gasteiger charge is 2.27. The van der Waals surface area contributed by atoms with Crippen LogP contribution in [0.2, 0.25) is 0 Å². The molecule has 0 bridgehead atoms. The number of rotatable bonds is 5. The number of aryl methyl sites for hydroxylation is 1. The summed E-state index contributed by atoms with van der Waals surface area (Å²) in [5.41, 5.74) is 1.66. The van der Waals surface area contributed by atoms with Crippen LogP contribution >= 0.6 is 0 Å². The van der Waals surface area contributed by atoms with Gasteiger partial charge in [-0.15, -0.1) is 0 Å². The minimum Gasteiger partial charge on any atom is -0.480 e. The highest BCUT2D eigenvalue weighted by molar-refractivity contribution is 5.92. The second kappa shape index (κ2) is 6.91. The number of aliphatic carboxylic acids is 1. The molecule has 0 heterocycles. The molecule has 2 unspecified atom stereocenters. The summed E-state index contributed by atoms with van der Waals surface area (Å²) in [5.74, 6) is -1.15. The van der Waals surface area contributed by atoms with Crippen LogP contribution < -0.4 is 5.32 Å². The van der Waals surface area contributed by atoms with Crippen molar-refractivity contribution in [1.29, 1.82) is 0 Å². The van der Waals surface area contributed by atoms with Crippen LogP contribution in [-0.4, -0.2) is 46.3 Å². The molecule has 1 aromatic carbocycles. The number of aliphatic hydroxyl groups is 1. The van der Waals surface area contributed by atoms with Gasteiger partial charge in [0.15, 0.2) is 0 Å². The SMILES string of the molecule is Cc1ccc(NC(=O)N(C)C(CC(C)O)C(=O)O)cc1. The molecule has 1 rings (SSSR count). The van der Waals surface area contributed by atoms with E-state index in [2.05, 4.69) is 5.32 Å². The molecule has 20 heavy (non-hydrogen) atoms. The Kier molecular flexibility index (Phi) is 5.52. The van der Waals surface area contributed by atoms with E-state index in [0.29, 0.717) is 5.69 Å². The molecule has 0 aliphatic rings. The smallest absolute Gasteiger partial charge is 0.326 e. The third-order valence-electron chi connectivity index (χ3n) is 2.94. The van der Waals surface area contributed by atoms with E-state index in [1.165, 1.54) is 14.0 Å². The van der Waals surface area contributed by atoms with Crippen LogP contribution in [0.3, 0.4) is 0 Å². The number of hydrogen-bond acceptors (Lipinski definition) is 3. The first kappa shape index (κ1) is 16.0. The van der Waals surface area contributed by atoms with Crippen molar-refractivity contribution < 1.29 is 19.8 Å². The van der Waals surface area contributed by atoms with E-state index in [1.807, 2.05) is 19.1 Å². The second-order valence-corrected chi connectivity index (χ2v) is 4.85. The minimum absolute atomic E-state index is 0.0207. The highest BCUT2D eigenvalue weighted by Crippen LogP contribution is 2.12. The number of aliphatic hydroxyl groups excluding tert-OH is 1. The Balaban J connectivity index is 2.73. The number of carbonyl (C=O) groups is 2. The molecule has 0 fully saturated rings. The molecule has 0 spiro atoms. The number of amides is 2. The van der Waals surface area contributed by atoms with E-state index >= 15 is 0 Å². The van der Waals surface area contributed by atoms with Gasteiger partial charge in [0.25, 0.3) is 0 Å². The Morgan fingerprint density at radius 2 is 1.85 bits per heavy atom. The second-order valence-electron chi connectivity index (χ2n) is 4.85. The molecule has 3 N–H and O–H groups in total. The fraction of sp³-hybridized carbons (Fsp3) is 0.429. The first-order chi connectivity index (χ1) is 9.31. The summed E-state index contributed by atoms with van der Waals surface area (Å²) < 4.78 is 0. The van der Waals surface area contributed by atoms with Crippen LogP contribution in [0.1, 0.15) is 18.9 Å². The Morgan fingerprint density at radius 3 is 2.30 bits per heavy atom. The zero-order chi connectivity index (χ0) is 15.3. The van der Waals surface area contributed by atoms with Gasteiger partial charge in [0.05, 0.1) is 6.10 Å². The maximum absolute atomic E-state index is 12.0. The topological polar surface area (TPSA) is 89.9 Å². The lowest BCUT2D eigenvalue weighted by Gasteiger charge is -2.26. The molecule has 0 saturated heterocycles. The van der Waals surface area contributed by atoms with E-state index in [-0.39, 0.29) is 6.42 Å². The molecule has 6 heteroatoms. The molecule has 0 radical (unpaired) electrons. The molecule has 0 aliphatic heterocycles. The van der Waals surface area contributed by atoms with Gasteiger partial charge in [-0.3, -0.25) is 0 Å². The van der Waals surface area contributed by atoms with E-state index in [0.717, 1.165) is 10.5 Å². The van der Waals surface area contributed by atoms with Gasteiger partial charge < -0.3 is 20.4 Å². The van der Waals surface area contributed by atoms with Crippen LogP contribution in [0.5, 0.6) is 0 Å². The maximum Gasteiger partial charge on any atom is 0.326 e. The number of benzene rings is 1. The molecule has 2 atom stereocenters. The zero-order valence-corrected chi connectivity index (χ0v) is 11.8. The van der Waals surface area contributed by atoms with Gasteiger partial charge in [0, 0.05) is 19.2 Å². The van der Waals surface area contributed by atoms with Crippen LogP contribution in [0.4, 0.5) is 10.5 Å². The third-order valence-corrected chi connectivity index (χ3v) is 2.94. The summed E-state index contributed by atoms with van der Waals surface area (Å²) in [6.45, 7) is 3.42. The van der Waals surface area contributed by atoms with Crippen LogP contribution in [0, 0.1) is 6.92 Å². The van der Waals surface area contributed by atoms with Crippen molar-refractivity contribution in [1.82, 2.24) is 4.90 Å². The predicted molar refractivity (Wildman–Crippen MR) is 75.7 cm³/mol. The Bertz CT molecular complexity index is 471. The molecular weight excluding hydrogens is 260 g/mol. The van der Waals surface area contributed by atoms with Gasteiger partial charge in [0.1, 0.15) is 6.04 Å². The summed E-state index contributed by atoms with van der Waals surface area (Å²) in [6, 6.07) is 5.58. The molecule has 0 saturated carbocycles. The number of nitrogens with one attached hydrogen (secondary N) is 1. The van der Waals surface area contributed by atoms with Crippen molar-refractivity contribution in [2.75, 3.05) is 12.4 Å². The predicted octanol–water partition coefficient (Wildman–Crippen LogP) is 1.68. The number of likely N-dealkylation sites (N-methyl/N-ethyl adjacent to an activating group) is 1. The number of carboxylic acids is 1. The molecule has 0 aliphatic carbocycles. The first-order valence-electron chi connectivity index (χ1n) is 6.32. The lowest BCUT2D eigenvalue weighted by molar-refractivity contribution is -0.142. The minimum atomic E-state index is -1.15. The lowest BCUT2D eigenvalue weighted by Crippen LogP contribution is -2.45. The normalized spacial score (nSPS) is 13.4. The fourth-order valence-electron chi connectivity index (χ4n) is 1.74. The van der Waals surface area contributed by atoms with Crippen molar-refractivity contribution in [3.63, 3.8) is 0 Å². The number of urea groups is 1. The lowest BCUT2D eigenvalue weighted by atomic mass is 10.1. The molecular formula is C14H20N2O4. The van der Waals surface area contributed by atoms with Gasteiger partial charge in [-0.2, -0.15) is 0 Å². The summed E-state index contributed by atoms with van der Waals surface area (Å²) in [7, 11) is 1.39. The van der Waals surface area contributed by atoms with Gasteiger partial charge in [0.2, 0.25) is 0 Å². The van der Waals surface area contributed by atoms with Crippen molar-refractivity contribution in [3.8, 4) is 0 Å². The van der Waals surface area contributed by atoms with E-state index in [4.69, 9.17) is 5.11 Å². The van der Waals surface area contributed by atoms with Crippen LogP contribution in [0.15, 0.2) is 24.3 Å². The van der Waals surface area contributed by atoms with Crippen LogP contribution in [-0.2, 0) is 4.79 Å². The van der Waals surface area contributed by atoms with Gasteiger partial charge in [-0.05, 0) is 26.0 Å². The molecule has 110 valence electrons. The highest BCUT2D eigenvalue weighted by atomic mass is 16.4. The Labute approximate surface area is 118 Å². The summed E-state index contributed by atoms with van der Waals surface area (Å²) in [6.07, 6.45) is -0.821. The van der Waals surface area contributed by atoms with Gasteiger partial charge >= 0.3 is 12.0 Å². The van der Waals surface area contributed by atoms with E-state index in [1.54, 1.807) is 12.1 Å². The quantitative estimate of drug-likeness (QED) is 0.765. The van der Waals surface area contributed by atoms with Crippen molar-refractivity contribution in [2.45, 2.75) is 32.4 Å². The first-order valence-corrected chi connectivity index (χ1v) is 6.32. The van der Waals surface area contributed by atoms with E-state index in [9.17, 15) is 14.7 Å². The molecule has 6 nitrogen and oxygen atoms in total. The summed E-state index contributed by atoms with van der Waals surface area (Å²) >= 11 is 0.